The Balaban J connectivity index is 2.93. The van der Waals surface area contributed by atoms with E-state index in [0.29, 0.717) is 11.3 Å². The first-order chi connectivity index (χ1) is 7.74. The van der Waals surface area contributed by atoms with E-state index in [0.717, 1.165) is 6.26 Å². The van der Waals surface area contributed by atoms with Gasteiger partial charge < -0.3 is 5.11 Å². The molecule has 5 nitrogen and oxygen atoms in total. The van der Waals surface area contributed by atoms with Crippen LogP contribution in [0, 0.1) is 6.57 Å². The fourth-order valence-electron chi connectivity index (χ4n) is 1.22. The molecule has 1 atom stereocenters. The Bertz CT molecular complexity index is 543. The van der Waals surface area contributed by atoms with E-state index in [-0.39, 0.29) is 6.61 Å². The summed E-state index contributed by atoms with van der Waals surface area (Å²) in [5.41, 5.74) is -0.638. The molecule has 0 aliphatic carbocycles. The lowest BCUT2D eigenvalue weighted by molar-refractivity contribution is 0.0101. The normalized spacial score (nSPS) is 14.9. The van der Waals surface area contributed by atoms with Crippen LogP contribution in [0.5, 0.6) is 0 Å². The zero-order valence-electron chi connectivity index (χ0n) is 9.54. The summed E-state index contributed by atoms with van der Waals surface area (Å²) < 4.78 is 26.3. The van der Waals surface area contributed by atoms with Crippen molar-refractivity contribution < 1.29 is 17.7 Å². The monoisotopic (exact) mass is 255 g/mol. The molecule has 6 heteroatoms. The molecule has 1 rings (SSSR count). The highest BCUT2D eigenvalue weighted by molar-refractivity contribution is 7.85. The van der Waals surface area contributed by atoms with E-state index < -0.39 is 15.7 Å². The smallest absolute Gasteiger partial charge is 0.264 e. The Kier molecular flexibility index (Phi) is 3.88. The van der Waals surface area contributed by atoms with Crippen molar-refractivity contribution in [3.8, 4) is 0 Å². The molecule has 92 valence electrons. The fourth-order valence-corrected chi connectivity index (χ4v) is 1.66. The van der Waals surface area contributed by atoms with Gasteiger partial charge in [-0.25, -0.2) is 4.85 Å². The third-order valence-electron chi connectivity index (χ3n) is 2.15. The maximum absolute atomic E-state index is 10.9. The van der Waals surface area contributed by atoms with Crippen LogP contribution in [0.3, 0.4) is 0 Å². The van der Waals surface area contributed by atoms with E-state index in [1.54, 1.807) is 18.2 Å². The molecule has 17 heavy (non-hydrogen) atoms. The number of benzene rings is 1. The third-order valence-corrected chi connectivity index (χ3v) is 2.70. The van der Waals surface area contributed by atoms with Crippen LogP contribution in [0.2, 0.25) is 0 Å². The third kappa shape index (κ3) is 4.15. The number of hydrogen-bond acceptors (Lipinski definition) is 4. The maximum atomic E-state index is 10.9. The molecular formula is C11H13NO4S. The second-order valence-corrected chi connectivity index (χ2v) is 5.55. The molecule has 0 saturated heterocycles. The van der Waals surface area contributed by atoms with Crippen molar-refractivity contribution in [2.75, 3.05) is 12.9 Å². The van der Waals surface area contributed by atoms with Gasteiger partial charge in [0.05, 0.1) is 19.4 Å². The van der Waals surface area contributed by atoms with Crippen LogP contribution in [0.1, 0.15) is 12.5 Å². The minimum Gasteiger partial charge on any atom is -0.383 e. The van der Waals surface area contributed by atoms with Crippen LogP contribution < -0.4 is 0 Å². The SMILES string of the molecule is [C-]#[N+]c1cccc([C@](C)(O)COS(C)(=O)=O)c1. The lowest BCUT2D eigenvalue weighted by Gasteiger charge is -2.23. The zero-order valence-corrected chi connectivity index (χ0v) is 10.4. The van der Waals surface area contributed by atoms with Gasteiger partial charge >= 0.3 is 0 Å². The van der Waals surface area contributed by atoms with Gasteiger partial charge in [0.2, 0.25) is 0 Å². The van der Waals surface area contributed by atoms with Crippen molar-refractivity contribution in [1.29, 1.82) is 0 Å². The first-order valence-electron chi connectivity index (χ1n) is 4.79. The van der Waals surface area contributed by atoms with Crippen molar-refractivity contribution in [1.82, 2.24) is 0 Å². The summed E-state index contributed by atoms with van der Waals surface area (Å²) in [6, 6.07) is 6.33. The highest BCUT2D eigenvalue weighted by Gasteiger charge is 2.25. The van der Waals surface area contributed by atoms with Gasteiger partial charge in [0.1, 0.15) is 5.60 Å². The van der Waals surface area contributed by atoms with Crippen LogP contribution in [0.25, 0.3) is 4.85 Å². The van der Waals surface area contributed by atoms with E-state index in [4.69, 9.17) is 6.57 Å². The Morgan fingerprint density at radius 1 is 1.53 bits per heavy atom. The predicted molar refractivity (Wildman–Crippen MR) is 63.1 cm³/mol. The van der Waals surface area contributed by atoms with Gasteiger partial charge in [0.15, 0.2) is 5.69 Å². The van der Waals surface area contributed by atoms with Gasteiger partial charge in [-0.15, -0.1) is 0 Å². The highest BCUT2D eigenvalue weighted by atomic mass is 32.2. The summed E-state index contributed by atoms with van der Waals surface area (Å²) in [4.78, 5) is 3.23. The molecule has 1 N–H and O–H groups in total. The number of hydrogen-bond donors (Lipinski definition) is 1. The summed E-state index contributed by atoms with van der Waals surface area (Å²) in [5, 5.41) is 10.1. The lowest BCUT2D eigenvalue weighted by Crippen LogP contribution is -2.29. The van der Waals surface area contributed by atoms with Gasteiger partial charge in [-0.2, -0.15) is 8.42 Å². The summed E-state index contributed by atoms with van der Waals surface area (Å²) in [7, 11) is -3.60. The van der Waals surface area contributed by atoms with E-state index in [1.807, 2.05) is 0 Å². The van der Waals surface area contributed by atoms with Crippen molar-refractivity contribution in [3.05, 3.63) is 41.2 Å². The molecule has 0 amide bonds. The summed E-state index contributed by atoms with van der Waals surface area (Å²) in [6.07, 6.45) is 0.915. The van der Waals surface area contributed by atoms with Crippen molar-refractivity contribution in [2.45, 2.75) is 12.5 Å². The lowest BCUT2D eigenvalue weighted by atomic mass is 9.97. The minimum atomic E-state index is -3.60. The second kappa shape index (κ2) is 4.84. The van der Waals surface area contributed by atoms with Gasteiger partial charge in [-0.3, -0.25) is 4.18 Å². The molecule has 1 aromatic rings. The van der Waals surface area contributed by atoms with Crippen LogP contribution in [0.4, 0.5) is 5.69 Å². The van der Waals surface area contributed by atoms with E-state index in [1.165, 1.54) is 13.0 Å². The second-order valence-electron chi connectivity index (χ2n) is 3.90. The number of aliphatic hydroxyl groups is 1. The Morgan fingerprint density at radius 2 is 2.18 bits per heavy atom. The van der Waals surface area contributed by atoms with E-state index in [2.05, 4.69) is 9.03 Å². The van der Waals surface area contributed by atoms with Crippen molar-refractivity contribution >= 4 is 15.8 Å². The summed E-state index contributed by atoms with van der Waals surface area (Å²) in [5.74, 6) is 0. The van der Waals surface area contributed by atoms with Crippen molar-refractivity contribution in [2.24, 2.45) is 0 Å². The molecule has 0 heterocycles. The van der Waals surface area contributed by atoms with Crippen LogP contribution in [-0.2, 0) is 19.9 Å². The molecule has 1 aromatic carbocycles. The Labute approximate surface area is 101 Å². The molecule has 0 radical (unpaired) electrons. The standard InChI is InChI=1S/C11H13NO4S/c1-11(13,8-16-17(3,14)15)9-5-4-6-10(7-9)12-2/h4-7,13H,8H2,1,3H3/t11-/m1/s1. The molecule has 0 aromatic heterocycles. The zero-order chi connectivity index (χ0) is 13.1. The molecule has 0 unspecified atom stereocenters. The molecule has 0 aliphatic heterocycles. The summed E-state index contributed by atoms with van der Waals surface area (Å²) in [6.45, 7) is 7.91. The Morgan fingerprint density at radius 3 is 2.71 bits per heavy atom. The molecule has 0 bridgehead atoms. The highest BCUT2D eigenvalue weighted by Crippen LogP contribution is 2.25. The number of nitrogens with zero attached hydrogens (tertiary/aromatic N) is 1. The van der Waals surface area contributed by atoms with Gasteiger partial charge in [-0.05, 0) is 12.5 Å². The maximum Gasteiger partial charge on any atom is 0.264 e. The largest absolute Gasteiger partial charge is 0.383 e. The van der Waals surface area contributed by atoms with Gasteiger partial charge in [0, 0.05) is 0 Å². The Hall–Kier alpha value is -1.42. The van der Waals surface area contributed by atoms with E-state index in [9.17, 15) is 13.5 Å². The minimum absolute atomic E-state index is 0.377. The summed E-state index contributed by atoms with van der Waals surface area (Å²) >= 11 is 0. The van der Waals surface area contributed by atoms with Crippen LogP contribution in [0.15, 0.2) is 24.3 Å². The molecule has 0 aliphatic rings. The molecule has 0 spiro atoms. The fraction of sp³-hybridized carbons (Fsp3) is 0.364. The molecule has 0 fully saturated rings. The predicted octanol–water partition coefficient (Wildman–Crippen LogP) is 1.42. The first-order valence-corrected chi connectivity index (χ1v) is 6.61. The molecule has 0 saturated carbocycles. The van der Waals surface area contributed by atoms with Crippen LogP contribution in [-0.4, -0.2) is 26.4 Å². The van der Waals surface area contributed by atoms with Gasteiger partial charge in [-0.1, -0.05) is 24.3 Å². The van der Waals surface area contributed by atoms with Crippen molar-refractivity contribution in [3.63, 3.8) is 0 Å². The molecular weight excluding hydrogens is 242 g/mol. The van der Waals surface area contributed by atoms with E-state index >= 15 is 0 Å². The van der Waals surface area contributed by atoms with Crippen LogP contribution >= 0.6 is 0 Å². The topological polar surface area (TPSA) is 68.0 Å². The average molecular weight is 255 g/mol. The quantitative estimate of drug-likeness (QED) is 0.652. The average Bonchev–Trinajstić information content (AvgIpc) is 2.26. The number of rotatable bonds is 4. The van der Waals surface area contributed by atoms with Gasteiger partial charge in [0.25, 0.3) is 10.1 Å². The first kappa shape index (κ1) is 13.6.